The maximum atomic E-state index is 11.9. The largest absolute Gasteiger partial charge is 0.395 e. The molecule has 0 saturated heterocycles. The molecule has 0 aliphatic heterocycles. The molecule has 1 aromatic heterocycles. The molecule has 0 bridgehead atoms. The molecule has 1 amide bonds. The number of hydrogen-bond acceptors (Lipinski definition) is 4. The van der Waals surface area contributed by atoms with Gasteiger partial charge in [0.15, 0.2) is 0 Å². The number of carbonyl (C=O) groups is 1. The van der Waals surface area contributed by atoms with E-state index in [4.69, 9.17) is 16.7 Å². The van der Waals surface area contributed by atoms with E-state index in [2.05, 4.69) is 9.97 Å². The summed E-state index contributed by atoms with van der Waals surface area (Å²) in [5.41, 5.74) is 0.203. The number of hydrogen-bond donors (Lipinski definition) is 1. The van der Waals surface area contributed by atoms with Gasteiger partial charge in [0.1, 0.15) is 10.8 Å². The summed E-state index contributed by atoms with van der Waals surface area (Å²) < 4.78 is 0. The third-order valence-corrected chi connectivity index (χ3v) is 2.16. The monoisotopic (exact) mass is 243 g/mol. The van der Waals surface area contributed by atoms with Gasteiger partial charge >= 0.3 is 0 Å². The van der Waals surface area contributed by atoms with Gasteiger partial charge in [-0.1, -0.05) is 18.5 Å². The zero-order valence-corrected chi connectivity index (χ0v) is 9.81. The van der Waals surface area contributed by atoms with Gasteiger partial charge in [-0.25, -0.2) is 4.98 Å². The van der Waals surface area contributed by atoms with Crippen molar-refractivity contribution in [3.8, 4) is 0 Å². The van der Waals surface area contributed by atoms with E-state index in [1.807, 2.05) is 6.92 Å². The molecule has 16 heavy (non-hydrogen) atoms. The van der Waals surface area contributed by atoms with Crippen LogP contribution in [0.15, 0.2) is 12.4 Å². The van der Waals surface area contributed by atoms with Gasteiger partial charge in [-0.2, -0.15) is 0 Å². The van der Waals surface area contributed by atoms with E-state index in [9.17, 15) is 4.79 Å². The van der Waals surface area contributed by atoms with Crippen LogP contribution in [0.25, 0.3) is 0 Å². The van der Waals surface area contributed by atoms with Crippen molar-refractivity contribution in [3.05, 3.63) is 23.2 Å². The quantitative estimate of drug-likeness (QED) is 0.837. The Kier molecular flexibility index (Phi) is 5.14. The molecule has 0 spiro atoms. The summed E-state index contributed by atoms with van der Waals surface area (Å²) >= 11 is 5.65. The van der Waals surface area contributed by atoms with E-state index in [0.717, 1.165) is 6.42 Å². The topological polar surface area (TPSA) is 66.3 Å². The van der Waals surface area contributed by atoms with Crippen molar-refractivity contribution in [2.75, 3.05) is 19.7 Å². The number of nitrogens with zero attached hydrogens (tertiary/aromatic N) is 3. The molecular weight excluding hydrogens is 230 g/mol. The van der Waals surface area contributed by atoms with E-state index < -0.39 is 0 Å². The molecule has 1 aromatic rings. The molecule has 0 aromatic carbocycles. The first-order valence-corrected chi connectivity index (χ1v) is 5.44. The van der Waals surface area contributed by atoms with Crippen LogP contribution in [0, 0.1) is 0 Å². The molecule has 0 aliphatic rings. The van der Waals surface area contributed by atoms with Crippen LogP contribution in [-0.2, 0) is 0 Å². The SMILES string of the molecule is CCCN(CCO)C(=O)c1cncc(Cl)n1. The lowest BCUT2D eigenvalue weighted by Crippen LogP contribution is -2.34. The average molecular weight is 244 g/mol. The van der Waals surface area contributed by atoms with E-state index in [-0.39, 0.29) is 23.4 Å². The predicted molar refractivity (Wildman–Crippen MR) is 60.3 cm³/mol. The summed E-state index contributed by atoms with van der Waals surface area (Å²) in [5.74, 6) is -0.258. The second-order valence-corrected chi connectivity index (χ2v) is 3.63. The van der Waals surface area contributed by atoms with Crippen molar-refractivity contribution < 1.29 is 9.90 Å². The van der Waals surface area contributed by atoms with E-state index >= 15 is 0 Å². The van der Waals surface area contributed by atoms with Gasteiger partial charge in [0.2, 0.25) is 0 Å². The van der Waals surface area contributed by atoms with E-state index in [1.54, 1.807) is 0 Å². The number of aliphatic hydroxyl groups excluding tert-OH is 1. The van der Waals surface area contributed by atoms with Crippen molar-refractivity contribution in [1.82, 2.24) is 14.9 Å². The first kappa shape index (κ1) is 12.9. The number of carbonyl (C=O) groups excluding carboxylic acids is 1. The molecule has 5 nitrogen and oxygen atoms in total. The lowest BCUT2D eigenvalue weighted by molar-refractivity contribution is 0.0715. The van der Waals surface area contributed by atoms with Crippen molar-refractivity contribution in [1.29, 1.82) is 0 Å². The molecule has 0 fully saturated rings. The van der Waals surface area contributed by atoms with Crippen molar-refractivity contribution in [2.24, 2.45) is 0 Å². The first-order valence-electron chi connectivity index (χ1n) is 5.06. The number of amides is 1. The van der Waals surface area contributed by atoms with Gasteiger partial charge in [-0.05, 0) is 6.42 Å². The summed E-state index contributed by atoms with van der Waals surface area (Å²) in [6.45, 7) is 2.76. The highest BCUT2D eigenvalue weighted by atomic mass is 35.5. The molecule has 6 heteroatoms. The smallest absolute Gasteiger partial charge is 0.274 e. The fourth-order valence-electron chi connectivity index (χ4n) is 1.31. The normalized spacial score (nSPS) is 10.2. The molecule has 1 N–H and O–H groups in total. The van der Waals surface area contributed by atoms with Gasteiger partial charge in [0.25, 0.3) is 5.91 Å². The first-order chi connectivity index (χ1) is 7.69. The standard InChI is InChI=1S/C10H14ClN3O2/c1-2-3-14(4-5-15)10(16)8-6-12-7-9(11)13-8/h6-7,15H,2-5H2,1H3. The van der Waals surface area contributed by atoms with Crippen LogP contribution in [0.4, 0.5) is 0 Å². The Labute approximate surface area is 99.1 Å². The molecule has 0 unspecified atom stereocenters. The Bertz CT molecular complexity index is 354. The maximum Gasteiger partial charge on any atom is 0.274 e. The Morgan fingerprint density at radius 3 is 2.81 bits per heavy atom. The molecule has 0 atom stereocenters. The molecule has 1 heterocycles. The van der Waals surface area contributed by atoms with E-state index in [1.165, 1.54) is 17.3 Å². The fourth-order valence-corrected chi connectivity index (χ4v) is 1.46. The summed E-state index contributed by atoms with van der Waals surface area (Å²) in [6, 6.07) is 0. The van der Waals surface area contributed by atoms with Gasteiger partial charge in [0.05, 0.1) is 19.0 Å². The summed E-state index contributed by atoms with van der Waals surface area (Å²) in [7, 11) is 0. The van der Waals surface area contributed by atoms with Gasteiger partial charge in [-0.3, -0.25) is 9.78 Å². The summed E-state index contributed by atoms with van der Waals surface area (Å²) in [4.78, 5) is 21.2. The number of halogens is 1. The minimum atomic E-state index is -0.258. The van der Waals surface area contributed by atoms with Crippen LogP contribution in [0.2, 0.25) is 5.15 Å². The second kappa shape index (κ2) is 6.40. The predicted octanol–water partition coefficient (Wildman–Crippen LogP) is 0.974. The summed E-state index contributed by atoms with van der Waals surface area (Å²) in [5, 5.41) is 9.04. The Hall–Kier alpha value is -1.20. The Morgan fingerprint density at radius 2 is 2.25 bits per heavy atom. The van der Waals surface area contributed by atoms with Crippen LogP contribution in [-0.4, -0.2) is 45.6 Å². The van der Waals surface area contributed by atoms with Gasteiger partial charge in [-0.15, -0.1) is 0 Å². The van der Waals surface area contributed by atoms with Crippen molar-refractivity contribution in [3.63, 3.8) is 0 Å². The molecular formula is C10H14ClN3O2. The van der Waals surface area contributed by atoms with Crippen molar-refractivity contribution >= 4 is 17.5 Å². The average Bonchev–Trinajstić information content (AvgIpc) is 2.28. The third kappa shape index (κ3) is 3.43. The highest BCUT2D eigenvalue weighted by Crippen LogP contribution is 2.06. The molecule has 1 rings (SSSR count). The van der Waals surface area contributed by atoms with Crippen molar-refractivity contribution in [2.45, 2.75) is 13.3 Å². The number of aromatic nitrogens is 2. The second-order valence-electron chi connectivity index (χ2n) is 3.24. The molecule has 0 aliphatic carbocycles. The Balaban J connectivity index is 2.81. The number of aliphatic hydroxyl groups is 1. The molecule has 0 saturated carbocycles. The lowest BCUT2D eigenvalue weighted by Gasteiger charge is -2.20. The zero-order chi connectivity index (χ0) is 12.0. The van der Waals surface area contributed by atoms with Gasteiger partial charge in [0, 0.05) is 13.1 Å². The molecule has 0 radical (unpaired) electrons. The lowest BCUT2D eigenvalue weighted by atomic mass is 10.3. The van der Waals surface area contributed by atoms with Crippen LogP contribution < -0.4 is 0 Å². The maximum absolute atomic E-state index is 11.9. The van der Waals surface area contributed by atoms with Gasteiger partial charge < -0.3 is 10.0 Å². The van der Waals surface area contributed by atoms with Crippen LogP contribution in [0.1, 0.15) is 23.8 Å². The van der Waals surface area contributed by atoms with E-state index in [0.29, 0.717) is 13.1 Å². The zero-order valence-electron chi connectivity index (χ0n) is 9.06. The van der Waals surface area contributed by atoms with Crippen LogP contribution in [0.3, 0.4) is 0 Å². The molecule has 88 valence electrons. The fraction of sp³-hybridized carbons (Fsp3) is 0.500. The van der Waals surface area contributed by atoms with Crippen LogP contribution >= 0.6 is 11.6 Å². The Morgan fingerprint density at radius 1 is 1.50 bits per heavy atom. The highest BCUT2D eigenvalue weighted by Gasteiger charge is 2.16. The highest BCUT2D eigenvalue weighted by molar-refractivity contribution is 6.29. The minimum absolute atomic E-state index is 0.0697. The van der Waals surface area contributed by atoms with Crippen LogP contribution in [0.5, 0.6) is 0 Å². The third-order valence-electron chi connectivity index (χ3n) is 1.97. The number of rotatable bonds is 5. The summed E-state index contributed by atoms with van der Waals surface area (Å²) in [6.07, 6.45) is 3.56. The minimum Gasteiger partial charge on any atom is -0.395 e.